The lowest BCUT2D eigenvalue weighted by Gasteiger charge is -2.14. The van der Waals surface area contributed by atoms with E-state index in [-0.39, 0.29) is 13.2 Å². The van der Waals surface area contributed by atoms with Gasteiger partial charge in [0.05, 0.1) is 13.2 Å². The quantitative estimate of drug-likeness (QED) is 0.892. The summed E-state index contributed by atoms with van der Waals surface area (Å²) in [6, 6.07) is 13.1. The normalized spacial score (nSPS) is 15.0. The molecule has 4 aliphatic rings. The average molecular weight is 296 g/mol. The van der Waals surface area contributed by atoms with Crippen molar-refractivity contribution in [1.29, 1.82) is 0 Å². The van der Waals surface area contributed by atoms with Gasteiger partial charge in [0.2, 0.25) is 0 Å². The smallest absolute Gasteiger partial charge is 0.0684 e. The lowest BCUT2D eigenvalue weighted by Crippen LogP contribution is -2.02. The molecule has 4 bridgehead atoms. The zero-order valence-corrected chi connectivity index (χ0v) is 13.0. The number of hydrogen-bond donors (Lipinski definition) is 2. The molecule has 0 saturated carbocycles. The monoisotopic (exact) mass is 296 g/mol. The second-order valence-corrected chi connectivity index (χ2v) is 6.23. The first-order valence-electron chi connectivity index (χ1n) is 8.23. The minimum atomic E-state index is 0.124. The number of hydrogen-bond acceptors (Lipinski definition) is 2. The molecular formula is C20H24O2. The van der Waals surface area contributed by atoms with Crippen molar-refractivity contribution in [3.05, 3.63) is 69.8 Å². The van der Waals surface area contributed by atoms with E-state index < -0.39 is 0 Å². The van der Waals surface area contributed by atoms with Crippen molar-refractivity contribution < 1.29 is 10.2 Å². The van der Waals surface area contributed by atoms with Crippen molar-refractivity contribution in [3.8, 4) is 0 Å². The van der Waals surface area contributed by atoms with Crippen molar-refractivity contribution in [1.82, 2.24) is 0 Å². The lowest BCUT2D eigenvalue weighted by molar-refractivity contribution is 0.280. The van der Waals surface area contributed by atoms with Crippen LogP contribution in [0.4, 0.5) is 0 Å². The highest BCUT2D eigenvalue weighted by atomic mass is 16.3. The summed E-state index contributed by atoms with van der Waals surface area (Å²) in [7, 11) is 0. The van der Waals surface area contributed by atoms with Crippen LogP contribution in [0.25, 0.3) is 0 Å². The number of aryl methyl sites for hydroxylation is 4. The maximum absolute atomic E-state index is 9.60. The third kappa shape index (κ3) is 3.40. The number of rotatable bonds is 2. The number of aliphatic hydroxyl groups is 2. The summed E-state index contributed by atoms with van der Waals surface area (Å²) in [5.41, 5.74) is 7.28. The first-order valence-corrected chi connectivity index (χ1v) is 8.23. The molecule has 0 amide bonds. The average Bonchev–Trinajstić information content (AvgIpc) is 2.56. The van der Waals surface area contributed by atoms with Gasteiger partial charge in [-0.2, -0.15) is 0 Å². The van der Waals surface area contributed by atoms with E-state index in [1.807, 2.05) is 0 Å². The SMILES string of the molecule is OCc1cc2ccc1CCCc1ccc(cc1CO)CCC2. The summed E-state index contributed by atoms with van der Waals surface area (Å²) in [5, 5.41) is 19.2. The van der Waals surface area contributed by atoms with Crippen LogP contribution in [0.1, 0.15) is 46.2 Å². The van der Waals surface area contributed by atoms with Gasteiger partial charge < -0.3 is 10.2 Å². The van der Waals surface area contributed by atoms with E-state index in [1.165, 1.54) is 22.3 Å². The van der Waals surface area contributed by atoms with E-state index >= 15 is 0 Å². The van der Waals surface area contributed by atoms with Crippen molar-refractivity contribution in [3.63, 3.8) is 0 Å². The molecule has 0 radical (unpaired) electrons. The Balaban J connectivity index is 1.90. The van der Waals surface area contributed by atoms with Crippen molar-refractivity contribution >= 4 is 0 Å². The highest BCUT2D eigenvalue weighted by Crippen LogP contribution is 2.21. The molecule has 0 fully saturated rings. The molecule has 116 valence electrons. The Labute approximate surface area is 132 Å². The van der Waals surface area contributed by atoms with Gasteiger partial charge in [0.15, 0.2) is 0 Å². The molecule has 2 aromatic rings. The largest absolute Gasteiger partial charge is 0.392 e. The van der Waals surface area contributed by atoms with E-state index in [4.69, 9.17) is 0 Å². The van der Waals surface area contributed by atoms with Crippen molar-refractivity contribution in [2.24, 2.45) is 0 Å². The zero-order chi connectivity index (χ0) is 15.4. The van der Waals surface area contributed by atoms with Gasteiger partial charge in [-0.25, -0.2) is 0 Å². The first kappa shape index (κ1) is 15.3. The van der Waals surface area contributed by atoms with Crippen LogP contribution in [0.3, 0.4) is 0 Å². The second kappa shape index (κ2) is 7.08. The first-order chi connectivity index (χ1) is 10.8. The molecule has 2 heteroatoms. The minimum Gasteiger partial charge on any atom is -0.392 e. The Hall–Kier alpha value is -1.64. The standard InChI is InChI=1S/C20H24O2/c21-13-19-11-15-3-1-4-16-8-10-18(20(12-16)14-22)6-2-5-17(19)9-7-15/h7-12,21-22H,1-6,13-14H2. The molecule has 0 aromatic heterocycles. The van der Waals surface area contributed by atoms with Crippen LogP contribution in [0, 0.1) is 0 Å². The fourth-order valence-electron chi connectivity index (χ4n) is 3.42. The highest BCUT2D eigenvalue weighted by Gasteiger charge is 2.08. The molecule has 2 nitrogen and oxygen atoms in total. The van der Waals surface area contributed by atoms with Crippen LogP contribution in [0.5, 0.6) is 0 Å². The van der Waals surface area contributed by atoms with Gasteiger partial charge >= 0.3 is 0 Å². The van der Waals surface area contributed by atoms with Gasteiger partial charge in [0, 0.05) is 0 Å². The van der Waals surface area contributed by atoms with E-state index in [0.717, 1.165) is 49.7 Å². The Kier molecular flexibility index (Phi) is 4.91. The molecule has 0 saturated heterocycles. The summed E-state index contributed by atoms with van der Waals surface area (Å²) < 4.78 is 0. The van der Waals surface area contributed by atoms with Gasteiger partial charge in [0.1, 0.15) is 0 Å². The summed E-state index contributed by atoms with van der Waals surface area (Å²) in [6.07, 6.45) is 6.14. The molecule has 0 aliphatic heterocycles. The van der Waals surface area contributed by atoms with E-state index in [9.17, 15) is 10.2 Å². The molecule has 6 rings (SSSR count). The summed E-state index contributed by atoms with van der Waals surface area (Å²) in [4.78, 5) is 0. The Morgan fingerprint density at radius 2 is 1.09 bits per heavy atom. The van der Waals surface area contributed by atoms with Gasteiger partial charge in [-0.15, -0.1) is 0 Å². The number of benzene rings is 2. The third-order valence-corrected chi connectivity index (χ3v) is 4.71. The summed E-state index contributed by atoms with van der Waals surface area (Å²) in [5.74, 6) is 0. The fourth-order valence-corrected chi connectivity index (χ4v) is 3.42. The van der Waals surface area contributed by atoms with Gasteiger partial charge in [0.25, 0.3) is 0 Å². The molecule has 0 heterocycles. The zero-order valence-electron chi connectivity index (χ0n) is 13.0. The Morgan fingerprint density at radius 3 is 1.55 bits per heavy atom. The maximum Gasteiger partial charge on any atom is 0.0684 e. The molecule has 0 spiro atoms. The lowest BCUT2D eigenvalue weighted by atomic mass is 9.92. The number of aliphatic hydroxyl groups excluding tert-OH is 2. The van der Waals surface area contributed by atoms with Crippen LogP contribution < -0.4 is 0 Å². The molecular weight excluding hydrogens is 272 g/mol. The molecule has 2 aromatic carbocycles. The van der Waals surface area contributed by atoms with Crippen LogP contribution in [0.2, 0.25) is 0 Å². The Bertz CT molecular complexity index is 591. The molecule has 0 atom stereocenters. The minimum absolute atomic E-state index is 0.124. The second-order valence-electron chi connectivity index (χ2n) is 6.23. The van der Waals surface area contributed by atoms with E-state index in [0.29, 0.717) is 0 Å². The van der Waals surface area contributed by atoms with Gasteiger partial charge in [-0.3, -0.25) is 0 Å². The Morgan fingerprint density at radius 1 is 0.636 bits per heavy atom. The molecule has 0 unspecified atom stereocenters. The van der Waals surface area contributed by atoms with E-state index in [2.05, 4.69) is 36.4 Å². The van der Waals surface area contributed by atoms with Crippen LogP contribution in [-0.2, 0) is 38.9 Å². The van der Waals surface area contributed by atoms with Gasteiger partial charge in [-0.05, 0) is 71.9 Å². The van der Waals surface area contributed by atoms with Crippen LogP contribution >= 0.6 is 0 Å². The van der Waals surface area contributed by atoms with E-state index in [1.54, 1.807) is 0 Å². The van der Waals surface area contributed by atoms with Gasteiger partial charge in [-0.1, -0.05) is 36.4 Å². The third-order valence-electron chi connectivity index (χ3n) is 4.71. The topological polar surface area (TPSA) is 40.5 Å². The van der Waals surface area contributed by atoms with Crippen LogP contribution in [0.15, 0.2) is 36.4 Å². The molecule has 4 aliphatic carbocycles. The summed E-state index contributed by atoms with van der Waals surface area (Å²) >= 11 is 0. The van der Waals surface area contributed by atoms with Crippen LogP contribution in [-0.4, -0.2) is 10.2 Å². The predicted octanol–water partition coefficient (Wildman–Crippen LogP) is 3.34. The van der Waals surface area contributed by atoms with Crippen molar-refractivity contribution in [2.45, 2.75) is 51.7 Å². The summed E-state index contributed by atoms with van der Waals surface area (Å²) in [6.45, 7) is 0.248. The fraction of sp³-hybridized carbons (Fsp3) is 0.400. The van der Waals surface area contributed by atoms with Crippen molar-refractivity contribution in [2.75, 3.05) is 0 Å². The maximum atomic E-state index is 9.60. The molecule has 22 heavy (non-hydrogen) atoms. The predicted molar refractivity (Wildman–Crippen MR) is 88.8 cm³/mol. The molecule has 2 N–H and O–H groups in total. The highest BCUT2D eigenvalue weighted by molar-refractivity contribution is 5.34.